The van der Waals surface area contributed by atoms with Crippen LogP contribution in [0.4, 0.5) is 0 Å². The molecule has 0 N–H and O–H groups in total. The number of benzene rings is 2. The number of rotatable bonds is 3. The van der Waals surface area contributed by atoms with Crippen molar-refractivity contribution >= 4 is 20.1 Å². The van der Waals surface area contributed by atoms with E-state index in [1.54, 1.807) is 16.4 Å². The van der Waals surface area contributed by atoms with Crippen molar-refractivity contribution in [3.63, 3.8) is 0 Å². The molecule has 0 fully saturated rings. The maximum Gasteiger partial charge on any atom is -1.00 e. The van der Waals surface area contributed by atoms with Crippen molar-refractivity contribution in [3.8, 4) is 0 Å². The topological polar surface area (TPSA) is 0 Å². The first kappa shape index (κ1) is 26.1. The molecule has 0 heterocycles. The van der Waals surface area contributed by atoms with E-state index in [0.717, 1.165) is 3.67 Å². The van der Waals surface area contributed by atoms with Gasteiger partial charge in [0.2, 0.25) is 0 Å². The van der Waals surface area contributed by atoms with Crippen LogP contribution in [0.25, 0.3) is 12.2 Å². The molecule has 30 heavy (non-hydrogen) atoms. The summed E-state index contributed by atoms with van der Waals surface area (Å²) in [4.78, 5) is 0. The Bertz CT molecular complexity index is 936. The van der Waals surface area contributed by atoms with E-state index < -0.39 is 22.9 Å². The van der Waals surface area contributed by atoms with Gasteiger partial charge in [0, 0.05) is 0 Å². The maximum atomic E-state index is 2.60. The number of hydrogen-bond acceptors (Lipinski definition) is 0. The molecule has 2 aliphatic carbocycles. The van der Waals surface area contributed by atoms with Crippen LogP contribution in [0.5, 0.6) is 0 Å². The molecule has 0 amide bonds. The van der Waals surface area contributed by atoms with Gasteiger partial charge in [0.1, 0.15) is 0 Å². The van der Waals surface area contributed by atoms with E-state index >= 15 is 0 Å². The van der Waals surface area contributed by atoms with E-state index in [4.69, 9.17) is 0 Å². The molecule has 0 radical (unpaired) electrons. The van der Waals surface area contributed by atoms with Gasteiger partial charge in [-0.1, -0.05) is 0 Å². The zero-order valence-electron chi connectivity index (χ0n) is 18.7. The Labute approximate surface area is 207 Å². The van der Waals surface area contributed by atoms with Crippen LogP contribution in [0.15, 0.2) is 59.9 Å². The Morgan fingerprint density at radius 3 is 1.87 bits per heavy atom. The summed E-state index contributed by atoms with van der Waals surface area (Å²) in [5, 5.41) is 2.44. The molecule has 0 saturated heterocycles. The summed E-state index contributed by atoms with van der Waals surface area (Å²) in [5.41, 5.74) is 6.15. The SMILES string of the molecule is CC(C)(C)P(C1=Cc2ccccc2[CH]1[Hf+2][CH]1C=Cc2ccccc21)C(C)(C)C.[Cl-].[Cl-]. The molecule has 0 spiro atoms. The second-order valence-electron chi connectivity index (χ2n) is 9.94. The summed E-state index contributed by atoms with van der Waals surface area (Å²) in [5.74, 6) is 0. The second-order valence-corrected chi connectivity index (χ2v) is 19.3. The smallest absolute Gasteiger partial charge is 1.00 e. The molecule has 2 aliphatic rings. The standard InChI is InChI=1S/C17H24P.C9H7.2ClH.Hf/c1-16(2,3)18(17(4,5)6)15-11-13-9-7-8-10-14(13)12-15;1-2-5-9-7-3-6-8(9)4-1;;;/h7-12H,1-6H3;1-7H;2*1H;/q;;;;+2/p-2. The molecule has 2 aromatic carbocycles. The summed E-state index contributed by atoms with van der Waals surface area (Å²) in [6.07, 6.45) is 7.48. The molecule has 2 atom stereocenters. The van der Waals surface area contributed by atoms with Gasteiger partial charge in [-0.05, 0) is 0 Å². The monoisotopic (exact) mass is 624 g/mol. The van der Waals surface area contributed by atoms with Crippen LogP contribution in [0, 0.1) is 0 Å². The second kappa shape index (κ2) is 9.74. The normalized spacial score (nSPS) is 19.4. The van der Waals surface area contributed by atoms with Crippen LogP contribution in [0.2, 0.25) is 0 Å². The third-order valence-corrected chi connectivity index (χ3v) is 16.6. The van der Waals surface area contributed by atoms with Crippen LogP contribution >= 0.6 is 7.92 Å². The van der Waals surface area contributed by atoms with Gasteiger partial charge < -0.3 is 24.8 Å². The van der Waals surface area contributed by atoms with Crippen molar-refractivity contribution in [3.05, 3.63) is 82.2 Å². The van der Waals surface area contributed by atoms with Crippen molar-refractivity contribution in [1.29, 1.82) is 0 Å². The van der Waals surface area contributed by atoms with Crippen LogP contribution < -0.4 is 24.8 Å². The quantitative estimate of drug-likeness (QED) is 0.363. The van der Waals surface area contributed by atoms with Crippen molar-refractivity contribution < 1.29 is 47.7 Å². The predicted octanol–water partition coefficient (Wildman–Crippen LogP) is 2.02. The Morgan fingerprint density at radius 2 is 1.27 bits per heavy atom. The van der Waals surface area contributed by atoms with Crippen LogP contribution in [0.1, 0.15) is 71.1 Å². The van der Waals surface area contributed by atoms with Gasteiger partial charge in [0.25, 0.3) is 0 Å². The minimum atomic E-state index is -1.03. The Hall–Kier alpha value is -0.200. The first-order valence-corrected chi connectivity index (χ1v) is 15.8. The Morgan fingerprint density at radius 1 is 0.733 bits per heavy atom. The zero-order valence-corrected chi connectivity index (χ0v) is 24.7. The van der Waals surface area contributed by atoms with Crippen LogP contribution in [-0.4, -0.2) is 10.3 Å². The van der Waals surface area contributed by atoms with E-state index in [0.29, 0.717) is 14.0 Å². The fraction of sp³-hybridized carbons (Fsp3) is 0.385. The number of allylic oxidation sites excluding steroid dienone is 2. The molecule has 2 unspecified atom stereocenters. The van der Waals surface area contributed by atoms with E-state index in [9.17, 15) is 0 Å². The fourth-order valence-corrected chi connectivity index (χ4v) is 17.4. The average Bonchev–Trinajstić information content (AvgIpc) is 3.15. The van der Waals surface area contributed by atoms with E-state index in [2.05, 4.69) is 108 Å². The van der Waals surface area contributed by atoms with Crippen LogP contribution in [0.3, 0.4) is 0 Å². The first-order chi connectivity index (χ1) is 13.2. The molecule has 4 heteroatoms. The molecule has 0 aliphatic heterocycles. The van der Waals surface area contributed by atoms with E-state index in [1.807, 2.05) is 0 Å². The predicted molar refractivity (Wildman–Crippen MR) is 122 cm³/mol. The number of fused-ring (bicyclic) bond motifs is 2. The Kier molecular flexibility index (Phi) is 8.46. The van der Waals surface area contributed by atoms with E-state index in [1.165, 1.54) is 11.1 Å². The van der Waals surface area contributed by atoms with Crippen molar-refractivity contribution in [1.82, 2.24) is 0 Å². The molecular formula is C26H31Cl2HfP. The zero-order chi connectivity index (χ0) is 20.1. The number of hydrogen-bond donors (Lipinski definition) is 0. The van der Waals surface area contributed by atoms with Gasteiger partial charge in [0.15, 0.2) is 0 Å². The maximum absolute atomic E-state index is 2.60. The van der Waals surface area contributed by atoms with Gasteiger partial charge in [-0.3, -0.25) is 0 Å². The van der Waals surface area contributed by atoms with Crippen LogP contribution in [-0.2, 0) is 22.9 Å². The molecule has 4 rings (SSSR count). The summed E-state index contributed by atoms with van der Waals surface area (Å²) >= 11 is -1.03. The molecule has 2 aromatic rings. The summed E-state index contributed by atoms with van der Waals surface area (Å²) in [7, 11) is -0.231. The fourth-order valence-electron chi connectivity index (χ4n) is 5.03. The molecule has 0 aromatic heterocycles. The number of halogens is 2. The van der Waals surface area contributed by atoms with E-state index in [-0.39, 0.29) is 32.7 Å². The average molecular weight is 624 g/mol. The molecule has 0 bridgehead atoms. The summed E-state index contributed by atoms with van der Waals surface area (Å²) in [6, 6.07) is 18.3. The van der Waals surface area contributed by atoms with Crippen molar-refractivity contribution in [2.75, 3.05) is 0 Å². The summed E-state index contributed by atoms with van der Waals surface area (Å²) in [6.45, 7) is 14.8. The third kappa shape index (κ3) is 5.06. The summed E-state index contributed by atoms with van der Waals surface area (Å²) < 4.78 is 1.44. The molecule has 158 valence electrons. The first-order valence-electron chi connectivity index (χ1n) is 10.3. The van der Waals surface area contributed by atoms with Gasteiger partial charge >= 0.3 is 184 Å². The molecule has 0 saturated carbocycles. The molecular weight excluding hydrogens is 593 g/mol. The van der Waals surface area contributed by atoms with Gasteiger partial charge in [-0.2, -0.15) is 0 Å². The molecule has 0 nitrogen and oxygen atoms in total. The van der Waals surface area contributed by atoms with Crippen molar-refractivity contribution in [2.45, 2.75) is 59.2 Å². The largest absolute Gasteiger partial charge is 1.00 e. The van der Waals surface area contributed by atoms with Crippen molar-refractivity contribution in [2.24, 2.45) is 0 Å². The minimum absolute atomic E-state index is 0. The van der Waals surface area contributed by atoms with Gasteiger partial charge in [-0.25, -0.2) is 0 Å². The van der Waals surface area contributed by atoms with Gasteiger partial charge in [0.05, 0.1) is 0 Å². The Balaban J connectivity index is 0.00000160. The minimum Gasteiger partial charge on any atom is -1.00 e. The third-order valence-electron chi connectivity index (χ3n) is 5.65. The van der Waals surface area contributed by atoms with Gasteiger partial charge in [-0.15, -0.1) is 0 Å².